The average molecular weight is 265 g/mol. The van der Waals surface area contributed by atoms with E-state index in [0.29, 0.717) is 6.04 Å². The van der Waals surface area contributed by atoms with Gasteiger partial charge in [0, 0.05) is 10.9 Å². The summed E-state index contributed by atoms with van der Waals surface area (Å²) in [5.74, 6) is 0. The highest BCUT2D eigenvalue weighted by atomic mass is 32.2. The van der Waals surface area contributed by atoms with E-state index in [1.165, 1.54) is 10.5 Å². The summed E-state index contributed by atoms with van der Waals surface area (Å²) in [4.78, 5) is 1.20. The van der Waals surface area contributed by atoms with Gasteiger partial charge in [0.15, 0.2) is 4.34 Å². The molecule has 0 fully saturated rings. The first-order valence-corrected chi connectivity index (χ1v) is 7.26. The van der Waals surface area contributed by atoms with Gasteiger partial charge in [-0.1, -0.05) is 42.2 Å². The molecule has 0 aliphatic rings. The second kappa shape index (κ2) is 6.14. The van der Waals surface area contributed by atoms with Crippen molar-refractivity contribution in [3.05, 3.63) is 35.3 Å². The molecule has 2 aromatic rings. The molecule has 0 amide bonds. The van der Waals surface area contributed by atoms with Gasteiger partial charge in [0.2, 0.25) is 0 Å². The predicted octanol–water partition coefficient (Wildman–Crippen LogP) is 3.36. The fourth-order valence-corrected chi connectivity index (χ4v) is 3.01. The third kappa shape index (κ3) is 3.52. The molecule has 0 saturated carbocycles. The van der Waals surface area contributed by atoms with Gasteiger partial charge in [-0.2, -0.15) is 0 Å². The molecule has 0 aliphatic heterocycles. The summed E-state index contributed by atoms with van der Waals surface area (Å²) in [6.45, 7) is 5.29. The minimum absolute atomic E-state index is 0.403. The van der Waals surface area contributed by atoms with E-state index in [4.69, 9.17) is 0 Å². The fourth-order valence-electron chi connectivity index (χ4n) is 1.56. The highest BCUT2D eigenvalue weighted by Crippen LogP contribution is 2.29. The van der Waals surface area contributed by atoms with Gasteiger partial charge in [0.1, 0.15) is 5.51 Å². The van der Waals surface area contributed by atoms with Gasteiger partial charge in [-0.25, -0.2) is 0 Å². The Bertz CT molecular complexity index is 439. The van der Waals surface area contributed by atoms with E-state index in [1.54, 1.807) is 28.6 Å². The predicted molar refractivity (Wildman–Crippen MR) is 72.6 cm³/mol. The van der Waals surface area contributed by atoms with Gasteiger partial charge in [-0.15, -0.1) is 10.2 Å². The van der Waals surface area contributed by atoms with Crippen molar-refractivity contribution in [1.29, 1.82) is 0 Å². The number of hydrogen-bond donors (Lipinski definition) is 1. The van der Waals surface area contributed by atoms with Crippen LogP contribution in [0.15, 0.2) is 39.0 Å². The first-order chi connectivity index (χ1) is 8.29. The summed E-state index contributed by atoms with van der Waals surface area (Å²) in [6.07, 6.45) is 0. The van der Waals surface area contributed by atoms with Crippen molar-refractivity contribution < 1.29 is 0 Å². The van der Waals surface area contributed by atoms with E-state index in [9.17, 15) is 0 Å². The maximum atomic E-state index is 4.02. The lowest BCUT2D eigenvalue weighted by Crippen LogP contribution is -2.17. The summed E-state index contributed by atoms with van der Waals surface area (Å²) < 4.78 is 0.984. The fraction of sp³-hybridized carbons (Fsp3) is 0.333. The van der Waals surface area contributed by atoms with Crippen LogP contribution in [-0.4, -0.2) is 16.7 Å². The number of nitrogens with one attached hydrogen (secondary N) is 1. The van der Waals surface area contributed by atoms with Gasteiger partial charge < -0.3 is 5.32 Å². The molecule has 1 aromatic heterocycles. The molecule has 3 nitrogen and oxygen atoms in total. The molecule has 5 heteroatoms. The number of rotatable bonds is 5. The SMILES string of the molecule is CCNC(C)c1ccc(Sc2nncs2)cc1. The van der Waals surface area contributed by atoms with Crippen LogP contribution in [0.5, 0.6) is 0 Å². The molecule has 17 heavy (non-hydrogen) atoms. The lowest BCUT2D eigenvalue weighted by Gasteiger charge is -2.12. The normalized spacial score (nSPS) is 12.6. The summed E-state index contributed by atoms with van der Waals surface area (Å²) in [6, 6.07) is 9.00. The minimum Gasteiger partial charge on any atom is -0.310 e. The van der Waals surface area contributed by atoms with Crippen molar-refractivity contribution in [3.63, 3.8) is 0 Å². The molecule has 0 saturated heterocycles. The van der Waals surface area contributed by atoms with Gasteiger partial charge in [0.25, 0.3) is 0 Å². The van der Waals surface area contributed by atoms with E-state index in [-0.39, 0.29) is 0 Å². The number of aromatic nitrogens is 2. The first-order valence-electron chi connectivity index (χ1n) is 5.57. The molecule has 0 bridgehead atoms. The molecule has 1 heterocycles. The first kappa shape index (κ1) is 12.5. The third-order valence-corrected chi connectivity index (χ3v) is 4.22. The smallest absolute Gasteiger partial charge is 0.178 e. The Hall–Kier alpha value is -0.910. The van der Waals surface area contributed by atoms with Crippen LogP contribution in [0.25, 0.3) is 0 Å². The Balaban J connectivity index is 2.02. The molecular weight excluding hydrogens is 250 g/mol. The van der Waals surface area contributed by atoms with Gasteiger partial charge in [-0.05, 0) is 31.2 Å². The largest absolute Gasteiger partial charge is 0.310 e. The summed E-state index contributed by atoms with van der Waals surface area (Å²) in [5.41, 5.74) is 3.07. The van der Waals surface area contributed by atoms with Crippen LogP contribution in [0.1, 0.15) is 25.5 Å². The maximum absolute atomic E-state index is 4.02. The molecule has 0 radical (unpaired) electrons. The Labute approximate surface area is 110 Å². The van der Waals surface area contributed by atoms with Crippen LogP contribution in [0.4, 0.5) is 0 Å². The molecule has 1 unspecified atom stereocenters. The van der Waals surface area contributed by atoms with Crippen LogP contribution in [-0.2, 0) is 0 Å². The van der Waals surface area contributed by atoms with Gasteiger partial charge >= 0.3 is 0 Å². The van der Waals surface area contributed by atoms with Crippen LogP contribution >= 0.6 is 23.1 Å². The van der Waals surface area contributed by atoms with Crippen molar-refractivity contribution >= 4 is 23.1 Å². The van der Waals surface area contributed by atoms with Crippen LogP contribution in [0.3, 0.4) is 0 Å². The van der Waals surface area contributed by atoms with E-state index < -0.39 is 0 Å². The van der Waals surface area contributed by atoms with E-state index in [2.05, 4.69) is 53.6 Å². The van der Waals surface area contributed by atoms with Crippen LogP contribution in [0, 0.1) is 0 Å². The van der Waals surface area contributed by atoms with Gasteiger partial charge in [-0.3, -0.25) is 0 Å². The van der Waals surface area contributed by atoms with Crippen molar-refractivity contribution in [2.75, 3.05) is 6.54 Å². The molecule has 0 spiro atoms. The van der Waals surface area contributed by atoms with Gasteiger partial charge in [0.05, 0.1) is 0 Å². The Morgan fingerprint density at radius 2 is 2.12 bits per heavy atom. The lowest BCUT2D eigenvalue weighted by atomic mass is 10.1. The zero-order valence-electron chi connectivity index (χ0n) is 9.88. The molecule has 2 rings (SSSR count). The van der Waals surface area contributed by atoms with E-state index in [1.807, 2.05) is 0 Å². The quantitative estimate of drug-likeness (QED) is 0.899. The molecule has 90 valence electrons. The standard InChI is InChI=1S/C12H15N3S2/c1-3-13-9(2)10-4-6-11(7-5-10)17-12-15-14-8-16-12/h4-9,13H,3H2,1-2H3. The monoisotopic (exact) mass is 265 g/mol. The highest BCUT2D eigenvalue weighted by Gasteiger charge is 2.04. The highest BCUT2D eigenvalue weighted by molar-refractivity contribution is 8.01. The third-order valence-electron chi connectivity index (χ3n) is 2.44. The zero-order chi connectivity index (χ0) is 12.1. The van der Waals surface area contributed by atoms with Crippen molar-refractivity contribution in [2.24, 2.45) is 0 Å². The topological polar surface area (TPSA) is 37.8 Å². The maximum Gasteiger partial charge on any atom is 0.178 e. The van der Waals surface area contributed by atoms with Crippen LogP contribution < -0.4 is 5.32 Å². The summed E-state index contributed by atoms with van der Waals surface area (Å²) in [7, 11) is 0. The van der Waals surface area contributed by atoms with Crippen molar-refractivity contribution in [3.8, 4) is 0 Å². The summed E-state index contributed by atoms with van der Waals surface area (Å²) >= 11 is 3.22. The Morgan fingerprint density at radius 1 is 1.35 bits per heavy atom. The number of nitrogens with zero attached hydrogens (tertiary/aromatic N) is 2. The van der Waals surface area contributed by atoms with Crippen LogP contribution in [0.2, 0.25) is 0 Å². The molecule has 0 aliphatic carbocycles. The molecule has 1 atom stereocenters. The molecule has 1 N–H and O–H groups in total. The van der Waals surface area contributed by atoms with E-state index >= 15 is 0 Å². The van der Waals surface area contributed by atoms with E-state index in [0.717, 1.165) is 10.9 Å². The second-order valence-electron chi connectivity index (χ2n) is 3.66. The second-order valence-corrected chi connectivity index (χ2v) is 5.81. The molecule has 1 aromatic carbocycles. The molecular formula is C12H15N3S2. The summed E-state index contributed by atoms with van der Waals surface area (Å²) in [5, 5.41) is 11.2. The lowest BCUT2D eigenvalue weighted by molar-refractivity contribution is 0.598. The van der Waals surface area contributed by atoms with Crippen molar-refractivity contribution in [2.45, 2.75) is 29.1 Å². The minimum atomic E-state index is 0.403. The Kier molecular flexibility index (Phi) is 4.53. The van der Waals surface area contributed by atoms with Crippen molar-refractivity contribution in [1.82, 2.24) is 15.5 Å². The number of hydrogen-bond acceptors (Lipinski definition) is 5. The average Bonchev–Trinajstić information content (AvgIpc) is 2.83. The Morgan fingerprint density at radius 3 is 2.71 bits per heavy atom. The number of benzene rings is 1. The zero-order valence-corrected chi connectivity index (χ0v) is 11.5.